The van der Waals surface area contributed by atoms with Crippen molar-refractivity contribution in [3.8, 4) is 0 Å². The highest BCUT2D eigenvalue weighted by Gasteiger charge is 2.13. The second kappa shape index (κ2) is 5.50. The number of aromatic nitrogens is 1. The van der Waals surface area contributed by atoms with Gasteiger partial charge in [0.2, 0.25) is 5.89 Å². The Labute approximate surface area is 110 Å². The van der Waals surface area contributed by atoms with E-state index in [4.69, 9.17) is 16.0 Å². The van der Waals surface area contributed by atoms with Crippen molar-refractivity contribution < 1.29 is 8.81 Å². The Balaban J connectivity index is 2.03. The molecule has 0 spiro atoms. The number of nitrogens with zero attached hydrogens (tertiary/aromatic N) is 1. The maximum atomic E-state index is 13.5. The van der Waals surface area contributed by atoms with Crippen LogP contribution in [0.4, 0.5) is 4.39 Å². The Morgan fingerprint density at radius 3 is 2.89 bits per heavy atom. The van der Waals surface area contributed by atoms with E-state index in [9.17, 15) is 4.39 Å². The van der Waals surface area contributed by atoms with Crippen molar-refractivity contribution in [1.82, 2.24) is 10.3 Å². The molecule has 1 atom stereocenters. The number of nitrogens with one attached hydrogen (secondary N) is 1. The van der Waals surface area contributed by atoms with E-state index in [0.717, 1.165) is 5.76 Å². The van der Waals surface area contributed by atoms with E-state index in [1.807, 2.05) is 13.8 Å². The lowest BCUT2D eigenvalue weighted by Gasteiger charge is -2.11. The molecule has 2 aromatic rings. The third-order valence-electron chi connectivity index (χ3n) is 2.66. The Morgan fingerprint density at radius 2 is 2.28 bits per heavy atom. The fraction of sp³-hybridized carbons (Fsp3) is 0.308. The van der Waals surface area contributed by atoms with Crippen molar-refractivity contribution in [3.05, 3.63) is 52.5 Å². The molecule has 1 N–H and O–H groups in total. The summed E-state index contributed by atoms with van der Waals surface area (Å²) in [5.41, 5.74) is 0.453. The number of rotatable bonds is 4. The zero-order valence-electron chi connectivity index (χ0n) is 10.2. The Kier molecular flexibility index (Phi) is 3.99. The maximum Gasteiger partial charge on any atom is 0.211 e. The maximum absolute atomic E-state index is 13.5. The van der Waals surface area contributed by atoms with Gasteiger partial charge < -0.3 is 9.73 Å². The van der Waals surface area contributed by atoms with Crippen molar-refractivity contribution in [2.75, 3.05) is 0 Å². The number of halogens is 2. The summed E-state index contributed by atoms with van der Waals surface area (Å²) in [6.07, 6.45) is 1.66. The average molecular weight is 269 g/mol. The molecule has 1 aromatic heterocycles. The molecule has 0 saturated carbocycles. The van der Waals surface area contributed by atoms with Gasteiger partial charge in [-0.2, -0.15) is 0 Å². The molecule has 1 heterocycles. The zero-order valence-corrected chi connectivity index (χ0v) is 11.0. The minimum Gasteiger partial charge on any atom is -0.444 e. The Morgan fingerprint density at radius 1 is 1.50 bits per heavy atom. The van der Waals surface area contributed by atoms with Crippen LogP contribution in [0, 0.1) is 12.7 Å². The molecule has 0 aliphatic carbocycles. The topological polar surface area (TPSA) is 38.1 Å². The minimum absolute atomic E-state index is 0.102. The van der Waals surface area contributed by atoms with E-state index >= 15 is 0 Å². The molecule has 1 aromatic carbocycles. The first-order valence-corrected chi connectivity index (χ1v) is 6.04. The third kappa shape index (κ3) is 2.89. The zero-order chi connectivity index (χ0) is 13.1. The number of hydrogen-bond donors (Lipinski definition) is 1. The van der Waals surface area contributed by atoms with Crippen molar-refractivity contribution >= 4 is 11.6 Å². The first kappa shape index (κ1) is 13.1. The van der Waals surface area contributed by atoms with Crippen LogP contribution in [0.5, 0.6) is 0 Å². The van der Waals surface area contributed by atoms with Crippen LogP contribution in [0.25, 0.3) is 0 Å². The van der Waals surface area contributed by atoms with Gasteiger partial charge in [-0.1, -0.05) is 17.7 Å². The predicted molar refractivity (Wildman–Crippen MR) is 67.9 cm³/mol. The molecule has 0 aliphatic rings. The SMILES string of the molecule is Cc1cnc(C(C)NCc2c(F)cccc2Cl)o1. The van der Waals surface area contributed by atoms with E-state index < -0.39 is 0 Å². The summed E-state index contributed by atoms with van der Waals surface area (Å²) in [4.78, 5) is 4.12. The van der Waals surface area contributed by atoms with Gasteiger partial charge in [0.05, 0.1) is 12.2 Å². The van der Waals surface area contributed by atoms with E-state index in [1.165, 1.54) is 6.07 Å². The fourth-order valence-corrected chi connectivity index (χ4v) is 1.85. The summed E-state index contributed by atoms with van der Waals surface area (Å²) in [5.74, 6) is 1.02. The quantitative estimate of drug-likeness (QED) is 0.920. The van der Waals surface area contributed by atoms with E-state index in [-0.39, 0.29) is 11.9 Å². The Bertz CT molecular complexity index is 521. The molecule has 0 aliphatic heterocycles. The van der Waals surface area contributed by atoms with Gasteiger partial charge in [-0.15, -0.1) is 0 Å². The number of oxazole rings is 1. The number of aryl methyl sites for hydroxylation is 1. The van der Waals surface area contributed by atoms with Crippen LogP contribution in [0.3, 0.4) is 0 Å². The van der Waals surface area contributed by atoms with Gasteiger partial charge in [-0.05, 0) is 26.0 Å². The molecule has 0 bridgehead atoms. The van der Waals surface area contributed by atoms with Crippen molar-refractivity contribution in [1.29, 1.82) is 0 Å². The highest BCUT2D eigenvalue weighted by Crippen LogP contribution is 2.20. The van der Waals surface area contributed by atoms with Gasteiger partial charge in [0, 0.05) is 17.1 Å². The van der Waals surface area contributed by atoms with Crippen LogP contribution < -0.4 is 5.32 Å². The van der Waals surface area contributed by atoms with Crippen LogP contribution in [0.15, 0.2) is 28.8 Å². The molecule has 18 heavy (non-hydrogen) atoms. The lowest BCUT2D eigenvalue weighted by molar-refractivity contribution is 0.400. The summed E-state index contributed by atoms with van der Waals surface area (Å²) in [6.45, 7) is 4.06. The van der Waals surface area contributed by atoms with Gasteiger partial charge in [0.25, 0.3) is 0 Å². The molecule has 0 fully saturated rings. The minimum atomic E-state index is -0.314. The number of benzene rings is 1. The van der Waals surface area contributed by atoms with Gasteiger partial charge >= 0.3 is 0 Å². The normalized spacial score (nSPS) is 12.7. The van der Waals surface area contributed by atoms with Crippen LogP contribution in [0.1, 0.15) is 30.2 Å². The summed E-state index contributed by atoms with van der Waals surface area (Å²) < 4.78 is 18.9. The summed E-state index contributed by atoms with van der Waals surface area (Å²) in [6, 6.07) is 4.54. The summed E-state index contributed by atoms with van der Waals surface area (Å²) in [5, 5.41) is 3.54. The standard InChI is InChI=1S/C13H14ClFN2O/c1-8-6-17-13(18-8)9(2)16-7-10-11(14)4-3-5-12(10)15/h3-6,9,16H,7H2,1-2H3. The van der Waals surface area contributed by atoms with Crippen molar-refractivity contribution in [3.63, 3.8) is 0 Å². The lowest BCUT2D eigenvalue weighted by atomic mass is 10.2. The molecule has 5 heteroatoms. The second-order valence-electron chi connectivity index (χ2n) is 4.11. The predicted octanol–water partition coefficient (Wildman–Crippen LogP) is 3.63. The molecule has 0 amide bonds. The first-order chi connectivity index (χ1) is 8.58. The molecular weight excluding hydrogens is 255 g/mol. The lowest BCUT2D eigenvalue weighted by Crippen LogP contribution is -2.19. The van der Waals surface area contributed by atoms with Crippen molar-refractivity contribution in [2.45, 2.75) is 26.4 Å². The fourth-order valence-electron chi connectivity index (χ4n) is 1.62. The highest BCUT2D eigenvalue weighted by atomic mass is 35.5. The highest BCUT2D eigenvalue weighted by molar-refractivity contribution is 6.31. The van der Waals surface area contributed by atoms with Crippen LogP contribution >= 0.6 is 11.6 Å². The Hall–Kier alpha value is -1.39. The molecule has 96 valence electrons. The average Bonchev–Trinajstić information content (AvgIpc) is 2.75. The molecule has 0 saturated heterocycles. The van der Waals surface area contributed by atoms with E-state index in [2.05, 4.69) is 10.3 Å². The van der Waals surface area contributed by atoms with E-state index in [1.54, 1.807) is 18.3 Å². The first-order valence-electron chi connectivity index (χ1n) is 5.66. The van der Waals surface area contributed by atoms with Crippen LogP contribution in [-0.2, 0) is 6.54 Å². The monoisotopic (exact) mass is 268 g/mol. The van der Waals surface area contributed by atoms with Gasteiger partial charge in [-0.3, -0.25) is 0 Å². The molecule has 1 unspecified atom stereocenters. The molecule has 3 nitrogen and oxygen atoms in total. The third-order valence-corrected chi connectivity index (χ3v) is 3.01. The van der Waals surface area contributed by atoms with Gasteiger partial charge in [0.1, 0.15) is 11.6 Å². The summed E-state index contributed by atoms with van der Waals surface area (Å²) in [7, 11) is 0. The smallest absolute Gasteiger partial charge is 0.211 e. The summed E-state index contributed by atoms with van der Waals surface area (Å²) >= 11 is 5.94. The molecule has 0 radical (unpaired) electrons. The number of hydrogen-bond acceptors (Lipinski definition) is 3. The molecule has 2 rings (SSSR count). The molecular formula is C13H14ClFN2O. The largest absolute Gasteiger partial charge is 0.444 e. The second-order valence-corrected chi connectivity index (χ2v) is 4.52. The van der Waals surface area contributed by atoms with Crippen LogP contribution in [-0.4, -0.2) is 4.98 Å². The van der Waals surface area contributed by atoms with Gasteiger partial charge in [0.15, 0.2) is 0 Å². The van der Waals surface area contributed by atoms with Crippen molar-refractivity contribution in [2.24, 2.45) is 0 Å². The van der Waals surface area contributed by atoms with Gasteiger partial charge in [-0.25, -0.2) is 9.37 Å². The van der Waals surface area contributed by atoms with E-state index in [0.29, 0.717) is 23.0 Å². The van der Waals surface area contributed by atoms with Crippen LogP contribution in [0.2, 0.25) is 5.02 Å².